The molecule has 1 aromatic heterocycles. The minimum absolute atomic E-state index is 0.0184. The van der Waals surface area contributed by atoms with Crippen molar-refractivity contribution >= 4 is 11.0 Å². The summed E-state index contributed by atoms with van der Waals surface area (Å²) in [5.41, 5.74) is -0.0318. The molecule has 4 rings (SSSR count). The number of benzene rings is 2. The van der Waals surface area contributed by atoms with Crippen LogP contribution >= 0.6 is 0 Å². The molecule has 1 aliphatic rings. The van der Waals surface area contributed by atoms with Crippen molar-refractivity contribution in [3.05, 3.63) is 52.7 Å². The molecule has 6 N–H and O–H groups in total. The van der Waals surface area contributed by atoms with Gasteiger partial charge in [0.2, 0.25) is 6.29 Å². The monoisotopic (exact) mass is 432 g/mol. The summed E-state index contributed by atoms with van der Waals surface area (Å²) in [4.78, 5) is 12.8. The number of hydrogen-bond donors (Lipinski definition) is 6. The fourth-order valence-electron chi connectivity index (χ4n) is 3.39. The lowest BCUT2D eigenvalue weighted by Crippen LogP contribution is -2.60. The maximum absolute atomic E-state index is 12.8. The second kappa shape index (κ2) is 8.17. The van der Waals surface area contributed by atoms with Crippen molar-refractivity contribution in [3.8, 4) is 28.6 Å². The predicted octanol–water partition coefficient (Wildman–Crippen LogP) is 0.0499. The summed E-state index contributed by atoms with van der Waals surface area (Å²) in [5.74, 6) is -0.273. The SMILES string of the molecule is O=c1cc(-c2ccc(O)cc2)oc2cc(O)cc(O[C@H]3O[C@@H](CO)[C@H](O)[C@@H](O)[C@@H]3O)c12. The maximum Gasteiger partial charge on any atom is 0.229 e. The van der Waals surface area contributed by atoms with Gasteiger partial charge in [0.1, 0.15) is 58.4 Å². The highest BCUT2D eigenvalue weighted by atomic mass is 16.7. The van der Waals surface area contributed by atoms with Gasteiger partial charge in [-0.05, 0) is 24.3 Å². The van der Waals surface area contributed by atoms with Crippen LogP contribution in [0.15, 0.2) is 51.7 Å². The van der Waals surface area contributed by atoms with Crippen molar-refractivity contribution in [1.29, 1.82) is 0 Å². The molecule has 1 fully saturated rings. The highest BCUT2D eigenvalue weighted by Crippen LogP contribution is 2.34. The summed E-state index contributed by atoms with van der Waals surface area (Å²) in [6, 6.07) is 9.47. The Morgan fingerprint density at radius 2 is 1.61 bits per heavy atom. The third-order valence-electron chi connectivity index (χ3n) is 5.02. The van der Waals surface area contributed by atoms with E-state index in [2.05, 4.69) is 0 Å². The van der Waals surface area contributed by atoms with Gasteiger partial charge in [0.25, 0.3) is 0 Å². The third-order valence-corrected chi connectivity index (χ3v) is 5.02. The Kier molecular flexibility index (Phi) is 5.56. The van der Waals surface area contributed by atoms with Gasteiger partial charge in [0.05, 0.1) is 6.61 Å². The summed E-state index contributed by atoms with van der Waals surface area (Å²) in [5, 5.41) is 58.8. The number of fused-ring (bicyclic) bond motifs is 1. The van der Waals surface area contributed by atoms with Gasteiger partial charge in [-0.15, -0.1) is 0 Å². The molecular formula is C21H20O10. The second-order valence-electron chi connectivity index (χ2n) is 7.15. The number of aromatic hydroxyl groups is 2. The normalized spacial score (nSPS) is 26.1. The first-order valence-corrected chi connectivity index (χ1v) is 9.36. The first-order chi connectivity index (χ1) is 14.8. The molecule has 31 heavy (non-hydrogen) atoms. The van der Waals surface area contributed by atoms with E-state index >= 15 is 0 Å². The van der Waals surface area contributed by atoms with Gasteiger partial charge in [-0.1, -0.05) is 0 Å². The lowest BCUT2D eigenvalue weighted by Gasteiger charge is -2.39. The van der Waals surface area contributed by atoms with E-state index < -0.39 is 42.7 Å². The van der Waals surface area contributed by atoms with E-state index in [1.807, 2.05) is 0 Å². The molecule has 2 aromatic carbocycles. The van der Waals surface area contributed by atoms with Gasteiger partial charge >= 0.3 is 0 Å². The molecule has 0 unspecified atom stereocenters. The maximum atomic E-state index is 12.8. The van der Waals surface area contributed by atoms with Crippen LogP contribution in [0, 0.1) is 0 Å². The molecule has 0 amide bonds. The molecule has 0 saturated carbocycles. The average Bonchev–Trinajstić information content (AvgIpc) is 2.74. The number of hydrogen-bond acceptors (Lipinski definition) is 10. The predicted molar refractivity (Wildman–Crippen MR) is 106 cm³/mol. The lowest BCUT2D eigenvalue weighted by molar-refractivity contribution is -0.277. The zero-order valence-electron chi connectivity index (χ0n) is 16.0. The van der Waals surface area contributed by atoms with E-state index in [9.17, 15) is 35.4 Å². The van der Waals surface area contributed by atoms with E-state index in [1.54, 1.807) is 12.1 Å². The molecule has 5 atom stereocenters. The third kappa shape index (κ3) is 3.94. The van der Waals surface area contributed by atoms with Crippen LogP contribution in [0.25, 0.3) is 22.3 Å². The Bertz CT molecular complexity index is 1140. The Hall–Kier alpha value is -3.15. The number of phenolic OH excluding ortho intramolecular Hbond substituents is 2. The zero-order valence-corrected chi connectivity index (χ0v) is 16.0. The largest absolute Gasteiger partial charge is 0.508 e. The minimum Gasteiger partial charge on any atom is -0.508 e. The molecule has 0 aliphatic carbocycles. The van der Waals surface area contributed by atoms with Crippen LogP contribution in [0.5, 0.6) is 17.2 Å². The van der Waals surface area contributed by atoms with Crippen LogP contribution in [-0.2, 0) is 4.74 Å². The highest BCUT2D eigenvalue weighted by molar-refractivity contribution is 5.86. The smallest absolute Gasteiger partial charge is 0.229 e. The Morgan fingerprint density at radius 3 is 2.29 bits per heavy atom. The van der Waals surface area contributed by atoms with Gasteiger partial charge in [0, 0.05) is 23.8 Å². The van der Waals surface area contributed by atoms with Gasteiger partial charge in [-0.2, -0.15) is 0 Å². The van der Waals surface area contributed by atoms with Crippen LogP contribution in [-0.4, -0.2) is 68.0 Å². The molecule has 0 spiro atoms. The van der Waals surface area contributed by atoms with Crippen LogP contribution < -0.4 is 10.2 Å². The van der Waals surface area contributed by atoms with Crippen molar-refractivity contribution in [2.45, 2.75) is 30.7 Å². The molecule has 10 nitrogen and oxygen atoms in total. The molecule has 164 valence electrons. The second-order valence-corrected chi connectivity index (χ2v) is 7.15. The molecule has 0 bridgehead atoms. The van der Waals surface area contributed by atoms with Crippen molar-refractivity contribution in [3.63, 3.8) is 0 Å². The van der Waals surface area contributed by atoms with Gasteiger partial charge in [-0.25, -0.2) is 0 Å². The first-order valence-electron chi connectivity index (χ1n) is 9.36. The molecule has 1 aliphatic heterocycles. The zero-order chi connectivity index (χ0) is 22.3. The Balaban J connectivity index is 1.75. The topological polar surface area (TPSA) is 170 Å². The number of aliphatic hydroxyl groups excluding tert-OH is 4. The number of rotatable bonds is 4. The van der Waals surface area contributed by atoms with Crippen LogP contribution in [0.2, 0.25) is 0 Å². The highest BCUT2D eigenvalue weighted by Gasteiger charge is 2.45. The summed E-state index contributed by atoms with van der Waals surface area (Å²) in [6.45, 7) is -0.649. The van der Waals surface area contributed by atoms with E-state index in [0.717, 1.165) is 6.07 Å². The van der Waals surface area contributed by atoms with E-state index in [1.165, 1.54) is 24.3 Å². The molecule has 10 heteroatoms. The summed E-state index contributed by atoms with van der Waals surface area (Å²) < 4.78 is 16.6. The minimum atomic E-state index is -1.70. The molecule has 1 saturated heterocycles. The standard InChI is InChI=1S/C21H20O10/c22-8-16-18(26)19(27)20(28)21(31-16)30-15-6-11(24)5-14-17(15)12(25)7-13(29-14)9-1-3-10(23)4-2-9/h1-7,16,18-24,26-28H,8H2/t16-,18-,19+,20-,21-/m0/s1. The first kappa shape index (κ1) is 21.1. The van der Waals surface area contributed by atoms with Crippen molar-refractivity contribution in [1.82, 2.24) is 0 Å². The number of phenols is 2. The Labute approximate surface area is 174 Å². The molecule has 0 radical (unpaired) electrons. The van der Waals surface area contributed by atoms with Crippen molar-refractivity contribution in [2.24, 2.45) is 0 Å². The van der Waals surface area contributed by atoms with Crippen LogP contribution in [0.1, 0.15) is 0 Å². The van der Waals surface area contributed by atoms with Gasteiger partial charge in [0.15, 0.2) is 5.43 Å². The fraction of sp³-hybridized carbons (Fsp3) is 0.286. The Morgan fingerprint density at radius 1 is 0.903 bits per heavy atom. The summed E-state index contributed by atoms with van der Waals surface area (Å²) >= 11 is 0. The number of ether oxygens (including phenoxy) is 2. The molecule has 2 heterocycles. The van der Waals surface area contributed by atoms with Gasteiger partial charge in [-0.3, -0.25) is 4.79 Å². The molecule has 3 aromatic rings. The lowest BCUT2D eigenvalue weighted by atomic mass is 9.99. The summed E-state index contributed by atoms with van der Waals surface area (Å²) in [6.07, 6.45) is -7.68. The van der Waals surface area contributed by atoms with E-state index in [-0.39, 0.29) is 34.0 Å². The van der Waals surface area contributed by atoms with Crippen molar-refractivity contribution < 1.29 is 44.5 Å². The number of aliphatic hydroxyl groups is 4. The molecular weight excluding hydrogens is 412 g/mol. The van der Waals surface area contributed by atoms with E-state index in [0.29, 0.717) is 5.56 Å². The van der Waals surface area contributed by atoms with Crippen LogP contribution in [0.3, 0.4) is 0 Å². The van der Waals surface area contributed by atoms with Crippen molar-refractivity contribution in [2.75, 3.05) is 6.61 Å². The summed E-state index contributed by atoms with van der Waals surface area (Å²) in [7, 11) is 0. The van der Waals surface area contributed by atoms with Gasteiger partial charge < -0.3 is 44.5 Å². The average molecular weight is 432 g/mol. The van der Waals surface area contributed by atoms with Crippen LogP contribution in [0.4, 0.5) is 0 Å². The fourth-order valence-corrected chi connectivity index (χ4v) is 3.39. The quantitative estimate of drug-likeness (QED) is 0.331. The van der Waals surface area contributed by atoms with E-state index in [4.69, 9.17) is 13.9 Å².